The fourth-order valence-electron chi connectivity index (χ4n) is 1.94. The fourth-order valence-corrected chi connectivity index (χ4v) is 1.94. The highest BCUT2D eigenvalue weighted by Gasteiger charge is 2.39. The lowest BCUT2D eigenvalue weighted by Gasteiger charge is -2.36. The van der Waals surface area contributed by atoms with Crippen molar-refractivity contribution in [3.05, 3.63) is 35.4 Å². The molecule has 0 atom stereocenters. The van der Waals surface area contributed by atoms with Crippen LogP contribution in [0.25, 0.3) is 0 Å². The van der Waals surface area contributed by atoms with Crippen molar-refractivity contribution in [2.75, 3.05) is 0 Å². The molecule has 0 bridgehead atoms. The van der Waals surface area contributed by atoms with Gasteiger partial charge in [-0.3, -0.25) is 4.79 Å². The van der Waals surface area contributed by atoms with Gasteiger partial charge in [-0.2, -0.15) is 0 Å². The molecule has 0 unspecified atom stereocenters. The molecule has 1 amide bonds. The minimum atomic E-state index is -0.595. The molecule has 2 rings (SSSR count). The topological polar surface area (TPSA) is 55.1 Å². The third kappa shape index (κ3) is 2.09. The molecule has 0 radical (unpaired) electrons. The average Bonchev–Trinajstić information content (AvgIpc) is 2.24. The summed E-state index contributed by atoms with van der Waals surface area (Å²) in [6.07, 6.45) is 2.69. The Bertz CT molecular complexity index is 397. The number of hydrogen-bond acceptors (Lipinski definition) is 2. The molecule has 3 heteroatoms. The second kappa shape index (κ2) is 4.26. The van der Waals surface area contributed by atoms with Crippen molar-refractivity contribution in [3.8, 4) is 0 Å². The second-order valence-corrected chi connectivity index (χ2v) is 4.62. The van der Waals surface area contributed by atoms with E-state index in [9.17, 15) is 4.79 Å². The maximum Gasteiger partial charge on any atom is 0.240 e. The first-order valence-electron chi connectivity index (χ1n) is 5.73. The van der Waals surface area contributed by atoms with Crippen molar-refractivity contribution < 1.29 is 4.79 Å². The zero-order valence-corrected chi connectivity index (χ0v) is 9.62. The highest BCUT2D eigenvalue weighted by Crippen LogP contribution is 2.29. The van der Waals surface area contributed by atoms with Crippen molar-refractivity contribution in [1.82, 2.24) is 5.32 Å². The first-order chi connectivity index (χ1) is 7.62. The van der Waals surface area contributed by atoms with Gasteiger partial charge in [-0.15, -0.1) is 0 Å². The highest BCUT2D eigenvalue weighted by atomic mass is 16.2. The number of nitrogens with one attached hydrogen (secondary N) is 1. The van der Waals surface area contributed by atoms with Crippen LogP contribution in [0.4, 0.5) is 0 Å². The van der Waals surface area contributed by atoms with Gasteiger partial charge in [0.05, 0.1) is 5.54 Å². The van der Waals surface area contributed by atoms with Crippen LogP contribution in [0.5, 0.6) is 0 Å². The molecule has 1 aliphatic carbocycles. The van der Waals surface area contributed by atoms with Crippen molar-refractivity contribution in [2.45, 2.75) is 38.3 Å². The molecule has 86 valence electrons. The summed E-state index contributed by atoms with van der Waals surface area (Å²) in [5.41, 5.74) is 7.69. The Kier molecular flexibility index (Phi) is 2.97. The van der Waals surface area contributed by atoms with Gasteiger partial charge in [-0.05, 0) is 37.3 Å². The van der Waals surface area contributed by atoms with E-state index in [-0.39, 0.29) is 5.91 Å². The van der Waals surface area contributed by atoms with E-state index in [4.69, 9.17) is 5.73 Å². The van der Waals surface area contributed by atoms with Gasteiger partial charge in [0.2, 0.25) is 5.91 Å². The molecule has 3 N–H and O–H groups in total. The van der Waals surface area contributed by atoms with Crippen molar-refractivity contribution >= 4 is 5.91 Å². The first kappa shape index (κ1) is 11.1. The zero-order valence-electron chi connectivity index (χ0n) is 9.62. The van der Waals surface area contributed by atoms with Gasteiger partial charge >= 0.3 is 0 Å². The number of amides is 1. The number of carbonyl (C=O) groups excluding carboxylic acids is 1. The molecule has 1 saturated carbocycles. The maximum atomic E-state index is 11.8. The van der Waals surface area contributed by atoms with E-state index in [0.717, 1.165) is 24.8 Å². The predicted molar refractivity (Wildman–Crippen MR) is 63.8 cm³/mol. The summed E-state index contributed by atoms with van der Waals surface area (Å²) in [4.78, 5) is 11.8. The number of benzene rings is 1. The van der Waals surface area contributed by atoms with Gasteiger partial charge in [0.25, 0.3) is 0 Å². The number of nitrogens with two attached hydrogens (primary N) is 1. The van der Waals surface area contributed by atoms with Gasteiger partial charge in [-0.1, -0.05) is 24.3 Å². The molecule has 16 heavy (non-hydrogen) atoms. The van der Waals surface area contributed by atoms with E-state index in [1.807, 2.05) is 31.2 Å². The number of hydrogen-bond donors (Lipinski definition) is 2. The molecule has 0 spiro atoms. The van der Waals surface area contributed by atoms with Crippen molar-refractivity contribution in [3.63, 3.8) is 0 Å². The van der Waals surface area contributed by atoms with Crippen LogP contribution in [-0.2, 0) is 11.3 Å². The Morgan fingerprint density at radius 3 is 2.69 bits per heavy atom. The summed E-state index contributed by atoms with van der Waals surface area (Å²) >= 11 is 0. The molecule has 0 heterocycles. The van der Waals surface area contributed by atoms with E-state index in [2.05, 4.69) is 5.32 Å². The minimum Gasteiger partial charge on any atom is -0.350 e. The van der Waals surface area contributed by atoms with Crippen LogP contribution >= 0.6 is 0 Å². The van der Waals surface area contributed by atoms with Crippen LogP contribution in [0.3, 0.4) is 0 Å². The molecular weight excluding hydrogens is 200 g/mol. The molecule has 0 aromatic heterocycles. The molecule has 1 aromatic rings. The summed E-state index contributed by atoms with van der Waals surface area (Å²) in [7, 11) is 0. The van der Waals surface area contributed by atoms with Crippen LogP contribution in [0.1, 0.15) is 30.4 Å². The van der Waals surface area contributed by atoms with Crippen LogP contribution < -0.4 is 11.1 Å². The lowest BCUT2D eigenvalue weighted by Crippen LogP contribution is -2.58. The van der Waals surface area contributed by atoms with Gasteiger partial charge in [0.1, 0.15) is 0 Å². The molecule has 1 fully saturated rings. The van der Waals surface area contributed by atoms with E-state index < -0.39 is 5.54 Å². The van der Waals surface area contributed by atoms with E-state index >= 15 is 0 Å². The SMILES string of the molecule is Cc1ccccc1CNC(=O)C1(N)CCC1. The fraction of sp³-hybridized carbons (Fsp3) is 0.462. The number of aryl methyl sites for hydroxylation is 1. The summed E-state index contributed by atoms with van der Waals surface area (Å²) in [6, 6.07) is 8.05. The molecule has 0 saturated heterocycles. The molecule has 0 aliphatic heterocycles. The average molecular weight is 218 g/mol. The Morgan fingerprint density at radius 1 is 1.44 bits per heavy atom. The predicted octanol–water partition coefficient (Wildman–Crippen LogP) is 1.49. The molecule has 3 nitrogen and oxygen atoms in total. The van der Waals surface area contributed by atoms with Crippen LogP contribution in [-0.4, -0.2) is 11.4 Å². The number of carbonyl (C=O) groups is 1. The van der Waals surface area contributed by atoms with Crippen molar-refractivity contribution in [2.24, 2.45) is 5.73 Å². The van der Waals surface area contributed by atoms with E-state index in [1.54, 1.807) is 0 Å². The van der Waals surface area contributed by atoms with Crippen molar-refractivity contribution in [1.29, 1.82) is 0 Å². The first-order valence-corrected chi connectivity index (χ1v) is 5.73. The lowest BCUT2D eigenvalue weighted by atomic mass is 9.77. The quantitative estimate of drug-likeness (QED) is 0.807. The second-order valence-electron chi connectivity index (χ2n) is 4.62. The Morgan fingerprint density at radius 2 is 2.12 bits per heavy atom. The maximum absolute atomic E-state index is 11.8. The Labute approximate surface area is 96.0 Å². The van der Waals surface area contributed by atoms with Gasteiger partial charge in [0.15, 0.2) is 0 Å². The van der Waals surface area contributed by atoms with E-state index in [0.29, 0.717) is 6.54 Å². The summed E-state index contributed by atoms with van der Waals surface area (Å²) in [5.74, 6) is -0.0120. The van der Waals surface area contributed by atoms with Gasteiger partial charge in [0, 0.05) is 6.54 Å². The minimum absolute atomic E-state index is 0.0120. The lowest BCUT2D eigenvalue weighted by molar-refractivity contribution is -0.129. The standard InChI is InChI=1S/C13H18N2O/c1-10-5-2-3-6-11(10)9-15-12(16)13(14)7-4-8-13/h2-3,5-6H,4,7-9,14H2,1H3,(H,15,16). The van der Waals surface area contributed by atoms with Crippen LogP contribution in [0.2, 0.25) is 0 Å². The summed E-state index contributed by atoms with van der Waals surface area (Å²) in [5, 5.41) is 2.92. The largest absolute Gasteiger partial charge is 0.350 e. The molecular formula is C13H18N2O. The van der Waals surface area contributed by atoms with Gasteiger partial charge < -0.3 is 11.1 Å². The Balaban J connectivity index is 1.93. The highest BCUT2D eigenvalue weighted by molar-refractivity contribution is 5.86. The third-order valence-corrected chi connectivity index (χ3v) is 3.40. The molecule has 1 aromatic carbocycles. The normalized spacial score (nSPS) is 17.6. The Hall–Kier alpha value is -1.35. The van der Waals surface area contributed by atoms with Crippen LogP contribution in [0, 0.1) is 6.92 Å². The van der Waals surface area contributed by atoms with Gasteiger partial charge in [-0.25, -0.2) is 0 Å². The van der Waals surface area contributed by atoms with E-state index in [1.165, 1.54) is 5.56 Å². The molecule has 1 aliphatic rings. The zero-order chi connectivity index (χ0) is 11.6. The smallest absolute Gasteiger partial charge is 0.240 e. The summed E-state index contributed by atoms with van der Waals surface area (Å²) < 4.78 is 0. The monoisotopic (exact) mass is 218 g/mol. The third-order valence-electron chi connectivity index (χ3n) is 3.40. The van der Waals surface area contributed by atoms with Crippen LogP contribution in [0.15, 0.2) is 24.3 Å². The number of rotatable bonds is 3. The summed E-state index contributed by atoms with van der Waals surface area (Å²) in [6.45, 7) is 2.62.